The fourth-order valence-corrected chi connectivity index (χ4v) is 8.47. The maximum absolute atomic E-state index is 14.1. The average molecular weight is 641 g/mol. The number of aliphatic hydroxyl groups excluding tert-OH is 1. The van der Waals surface area contributed by atoms with E-state index in [9.17, 15) is 26.7 Å². The van der Waals surface area contributed by atoms with Crippen LogP contribution >= 0.6 is 23.6 Å². The van der Waals surface area contributed by atoms with Crippen molar-refractivity contribution < 1.29 is 26.7 Å². The van der Waals surface area contributed by atoms with Crippen molar-refractivity contribution in [2.24, 2.45) is 0 Å². The summed E-state index contributed by atoms with van der Waals surface area (Å²) < 4.78 is 68.0. The van der Waals surface area contributed by atoms with Crippen LogP contribution in [0.2, 0.25) is 0 Å². The van der Waals surface area contributed by atoms with E-state index in [1.54, 1.807) is 11.9 Å². The first-order valence-corrected chi connectivity index (χ1v) is 16.3. The standard InChI is InChI=1S/C27H31F3N6O3S3/c1-3-17-14-18(36-8-6-35(7-9-36)10-12-37)4-5-20(17)32-26-31-16-19(27(28,29)30)23(33-26)21-15-22-24(41-21)25(40)34(2)11-13-42(22,38)39/h4-5,14-16,37H,3,6-13H2,1-2H3,(H,31,32,33). The van der Waals surface area contributed by atoms with Gasteiger partial charge in [-0.3, -0.25) is 4.90 Å². The van der Waals surface area contributed by atoms with E-state index in [-0.39, 0.29) is 44.5 Å². The average Bonchev–Trinajstić information content (AvgIpc) is 3.40. The Bertz CT molecular complexity index is 1590. The smallest absolute Gasteiger partial charge is 0.395 e. The molecule has 1 fully saturated rings. The molecule has 1 saturated heterocycles. The number of aromatic nitrogens is 2. The molecule has 2 N–H and O–H groups in total. The van der Waals surface area contributed by atoms with Crippen molar-refractivity contribution in [3.63, 3.8) is 0 Å². The molecule has 1 aromatic carbocycles. The summed E-state index contributed by atoms with van der Waals surface area (Å²) in [7, 11) is -2.08. The van der Waals surface area contributed by atoms with Crippen molar-refractivity contribution in [1.82, 2.24) is 19.8 Å². The molecule has 0 saturated carbocycles. The van der Waals surface area contributed by atoms with Crippen LogP contribution in [-0.2, 0) is 22.4 Å². The summed E-state index contributed by atoms with van der Waals surface area (Å²) >= 11 is 6.33. The molecule has 15 heteroatoms. The maximum Gasteiger partial charge on any atom is 0.420 e. The molecule has 2 aliphatic heterocycles. The summed E-state index contributed by atoms with van der Waals surface area (Å²) in [5, 5.41) is 12.3. The number of sulfone groups is 1. The molecular formula is C27H31F3N6O3S3. The number of benzene rings is 1. The van der Waals surface area contributed by atoms with Gasteiger partial charge in [0.15, 0.2) is 9.84 Å². The number of thiophene rings is 1. The molecular weight excluding hydrogens is 610 g/mol. The lowest BCUT2D eigenvalue weighted by atomic mass is 10.1. The van der Waals surface area contributed by atoms with E-state index in [4.69, 9.17) is 12.2 Å². The number of thiocarbonyl (C=S) groups is 1. The first kappa shape index (κ1) is 30.6. The Balaban J connectivity index is 1.47. The number of nitrogens with zero attached hydrogens (tertiary/aromatic N) is 5. The fourth-order valence-electron chi connectivity index (χ4n) is 5.03. The van der Waals surface area contributed by atoms with E-state index < -0.39 is 27.3 Å². The summed E-state index contributed by atoms with van der Waals surface area (Å²) in [4.78, 5) is 14.8. The Labute approximate surface area is 251 Å². The highest BCUT2D eigenvalue weighted by atomic mass is 32.2. The van der Waals surface area contributed by atoms with Gasteiger partial charge in [0, 0.05) is 63.9 Å². The van der Waals surface area contributed by atoms with E-state index in [0.717, 1.165) is 55.0 Å². The van der Waals surface area contributed by atoms with Crippen molar-refractivity contribution >= 4 is 55.7 Å². The van der Waals surface area contributed by atoms with Crippen LogP contribution in [0.4, 0.5) is 30.5 Å². The van der Waals surface area contributed by atoms with Crippen molar-refractivity contribution in [3.8, 4) is 10.6 Å². The summed E-state index contributed by atoms with van der Waals surface area (Å²) in [6.07, 6.45) is -3.38. The van der Waals surface area contributed by atoms with Crippen molar-refractivity contribution in [1.29, 1.82) is 0 Å². The SMILES string of the molecule is CCc1cc(N2CCN(CCO)CC2)ccc1Nc1ncc(C(F)(F)F)c(-c2cc3c(s2)C(=S)N(C)CCS3(=O)=O)n1. The van der Waals surface area contributed by atoms with Gasteiger partial charge in [0.25, 0.3) is 0 Å². The monoisotopic (exact) mass is 640 g/mol. The quantitative estimate of drug-likeness (QED) is 0.368. The lowest BCUT2D eigenvalue weighted by molar-refractivity contribution is -0.137. The molecule has 0 spiro atoms. The van der Waals surface area contributed by atoms with Gasteiger partial charge in [0.2, 0.25) is 5.95 Å². The van der Waals surface area contributed by atoms with Crippen LogP contribution < -0.4 is 10.2 Å². The molecule has 0 atom stereocenters. The Kier molecular flexibility index (Phi) is 8.77. The van der Waals surface area contributed by atoms with Gasteiger partial charge in [-0.05, 0) is 36.2 Å². The van der Waals surface area contributed by atoms with Crippen molar-refractivity contribution in [2.75, 3.05) is 68.9 Å². The highest BCUT2D eigenvalue weighted by Gasteiger charge is 2.38. The number of halogens is 3. The lowest BCUT2D eigenvalue weighted by Gasteiger charge is -2.36. The number of nitrogens with one attached hydrogen (secondary N) is 1. The summed E-state index contributed by atoms with van der Waals surface area (Å²) in [6, 6.07) is 7.11. The predicted molar refractivity (Wildman–Crippen MR) is 162 cm³/mol. The number of anilines is 3. The highest BCUT2D eigenvalue weighted by molar-refractivity contribution is 7.92. The Morgan fingerprint density at radius 1 is 1.14 bits per heavy atom. The van der Waals surface area contributed by atoms with Crippen LogP contribution in [0, 0.1) is 0 Å². The zero-order valence-corrected chi connectivity index (χ0v) is 25.6. The van der Waals surface area contributed by atoms with E-state index in [0.29, 0.717) is 18.7 Å². The summed E-state index contributed by atoms with van der Waals surface area (Å²) in [5.41, 5.74) is 1.18. The van der Waals surface area contributed by atoms with Crippen LogP contribution in [0.3, 0.4) is 0 Å². The maximum atomic E-state index is 14.1. The first-order chi connectivity index (χ1) is 19.9. The minimum absolute atomic E-state index is 0.0378. The second-order valence-corrected chi connectivity index (χ2v) is 13.7. The molecule has 0 bridgehead atoms. The topological polar surface area (TPSA) is 102 Å². The first-order valence-electron chi connectivity index (χ1n) is 13.5. The van der Waals surface area contributed by atoms with Gasteiger partial charge in [-0.2, -0.15) is 13.2 Å². The number of fused-ring (bicyclic) bond motifs is 1. The van der Waals surface area contributed by atoms with Crippen LogP contribution in [0.5, 0.6) is 0 Å². The van der Waals surface area contributed by atoms with Crippen LogP contribution in [0.1, 0.15) is 22.9 Å². The molecule has 4 heterocycles. The molecule has 2 aromatic heterocycles. The molecule has 2 aliphatic rings. The van der Waals surface area contributed by atoms with E-state index in [1.165, 1.54) is 6.07 Å². The number of piperazine rings is 1. The van der Waals surface area contributed by atoms with E-state index in [1.807, 2.05) is 25.1 Å². The minimum Gasteiger partial charge on any atom is -0.395 e. The number of hydrogen-bond donors (Lipinski definition) is 2. The summed E-state index contributed by atoms with van der Waals surface area (Å²) in [5.74, 6) is -0.229. The Morgan fingerprint density at radius 2 is 1.88 bits per heavy atom. The minimum atomic E-state index is -4.76. The summed E-state index contributed by atoms with van der Waals surface area (Å²) in [6.45, 7) is 6.30. The van der Waals surface area contributed by atoms with E-state index >= 15 is 0 Å². The fraction of sp³-hybridized carbons (Fsp3) is 0.444. The van der Waals surface area contributed by atoms with Gasteiger partial charge in [-0.25, -0.2) is 18.4 Å². The molecule has 42 heavy (non-hydrogen) atoms. The second-order valence-electron chi connectivity index (χ2n) is 10.2. The highest BCUT2D eigenvalue weighted by Crippen LogP contribution is 2.42. The van der Waals surface area contributed by atoms with Crippen molar-refractivity contribution in [3.05, 3.63) is 46.5 Å². The normalized spacial score (nSPS) is 17.7. The predicted octanol–water partition coefficient (Wildman–Crippen LogP) is 4.04. The third kappa shape index (κ3) is 6.25. The Hall–Kier alpha value is -2.85. The number of hydrogen-bond acceptors (Lipinski definition) is 10. The number of rotatable bonds is 7. The molecule has 0 radical (unpaired) electrons. The number of alkyl halides is 3. The molecule has 0 aliphatic carbocycles. The second kappa shape index (κ2) is 12.0. The molecule has 0 unspecified atom stereocenters. The number of aryl methyl sites for hydroxylation is 1. The zero-order chi connectivity index (χ0) is 30.2. The van der Waals surface area contributed by atoms with Gasteiger partial charge in [-0.15, -0.1) is 11.3 Å². The molecule has 5 rings (SSSR count). The van der Waals surface area contributed by atoms with Gasteiger partial charge in [-0.1, -0.05) is 19.1 Å². The van der Waals surface area contributed by atoms with Crippen LogP contribution in [0.15, 0.2) is 35.4 Å². The van der Waals surface area contributed by atoms with Gasteiger partial charge in [0.1, 0.15) is 10.6 Å². The molecule has 0 amide bonds. The molecule has 226 valence electrons. The molecule has 9 nitrogen and oxygen atoms in total. The van der Waals surface area contributed by atoms with Crippen molar-refractivity contribution in [2.45, 2.75) is 24.4 Å². The lowest BCUT2D eigenvalue weighted by Crippen LogP contribution is -2.47. The molecule has 3 aromatic rings. The third-order valence-electron chi connectivity index (χ3n) is 7.47. The van der Waals surface area contributed by atoms with E-state index in [2.05, 4.69) is 25.1 Å². The number of aliphatic hydroxyl groups is 1. The van der Waals surface area contributed by atoms with Crippen LogP contribution in [0.25, 0.3) is 10.6 Å². The zero-order valence-electron chi connectivity index (χ0n) is 23.1. The largest absolute Gasteiger partial charge is 0.420 e. The number of β-amino-alcohol motifs (C(OH)–C–C–N with tert-alkyl or cyclic N) is 1. The Morgan fingerprint density at radius 3 is 2.55 bits per heavy atom. The van der Waals surface area contributed by atoms with Crippen LogP contribution in [-0.4, -0.2) is 97.0 Å². The van der Waals surface area contributed by atoms with Gasteiger partial charge < -0.3 is 20.2 Å². The third-order valence-corrected chi connectivity index (χ3v) is 11.1. The van der Waals surface area contributed by atoms with Gasteiger partial charge >= 0.3 is 6.18 Å². The van der Waals surface area contributed by atoms with Gasteiger partial charge in [0.05, 0.1) is 32.7 Å².